The van der Waals surface area contributed by atoms with Gasteiger partial charge in [-0.1, -0.05) is 79.3 Å². The predicted molar refractivity (Wildman–Crippen MR) is 91.5 cm³/mol. The van der Waals surface area contributed by atoms with Gasteiger partial charge in [0.2, 0.25) is 0 Å². The minimum absolute atomic E-state index is 0.592. The molecular formula is C18H20N2S. The van der Waals surface area contributed by atoms with E-state index >= 15 is 0 Å². The Morgan fingerprint density at radius 2 is 1.48 bits per heavy atom. The molecule has 0 bridgehead atoms. The quantitative estimate of drug-likeness (QED) is 0.841. The molecule has 0 amide bonds. The van der Waals surface area contributed by atoms with E-state index in [4.69, 9.17) is 4.99 Å². The van der Waals surface area contributed by atoms with Crippen LogP contribution in [0.5, 0.6) is 0 Å². The van der Waals surface area contributed by atoms with Crippen molar-refractivity contribution >= 4 is 16.9 Å². The Hall–Kier alpha value is -1.74. The van der Waals surface area contributed by atoms with Crippen molar-refractivity contribution in [3.8, 4) is 0 Å². The van der Waals surface area contributed by atoms with Crippen LogP contribution in [0.3, 0.4) is 0 Å². The summed E-state index contributed by atoms with van der Waals surface area (Å²) in [5.41, 5.74) is 2.66. The third kappa shape index (κ3) is 3.88. The number of nitrogens with zero attached hydrogens (tertiary/aromatic N) is 2. The summed E-state index contributed by atoms with van der Waals surface area (Å²) >= 11 is 1.89. The lowest BCUT2D eigenvalue weighted by Gasteiger charge is -2.24. The third-order valence-electron chi connectivity index (χ3n) is 3.49. The number of aliphatic imine (C=N–C) groups is 1. The van der Waals surface area contributed by atoms with Crippen LogP contribution in [0.4, 0.5) is 0 Å². The molecule has 3 heteroatoms. The fourth-order valence-electron chi connectivity index (χ4n) is 2.43. The molecule has 1 atom stereocenters. The second kappa shape index (κ2) is 6.81. The van der Waals surface area contributed by atoms with Crippen molar-refractivity contribution in [3.63, 3.8) is 0 Å². The summed E-state index contributed by atoms with van der Waals surface area (Å²) in [5, 5.41) is 1.77. The maximum atomic E-state index is 4.71. The van der Waals surface area contributed by atoms with Gasteiger partial charge in [0.25, 0.3) is 0 Å². The second-order valence-electron chi connectivity index (χ2n) is 5.38. The van der Waals surface area contributed by atoms with E-state index in [9.17, 15) is 0 Å². The van der Waals surface area contributed by atoms with Crippen LogP contribution in [-0.2, 0) is 13.1 Å². The maximum Gasteiger partial charge on any atom is 0.160 e. The fourth-order valence-corrected chi connectivity index (χ4v) is 3.37. The summed E-state index contributed by atoms with van der Waals surface area (Å²) in [6, 6.07) is 21.3. The lowest BCUT2D eigenvalue weighted by Crippen LogP contribution is -2.27. The molecule has 108 valence electrons. The van der Waals surface area contributed by atoms with Crippen molar-refractivity contribution < 1.29 is 0 Å². The van der Waals surface area contributed by atoms with E-state index in [1.165, 1.54) is 16.3 Å². The van der Waals surface area contributed by atoms with Crippen molar-refractivity contribution in [1.82, 2.24) is 4.90 Å². The maximum absolute atomic E-state index is 4.71. The normalized spacial score (nSPS) is 17.6. The zero-order chi connectivity index (χ0) is 14.5. The van der Waals surface area contributed by atoms with Crippen molar-refractivity contribution in [2.75, 3.05) is 6.54 Å². The van der Waals surface area contributed by atoms with Crippen LogP contribution in [0.15, 0.2) is 65.7 Å². The van der Waals surface area contributed by atoms with Crippen LogP contribution in [-0.4, -0.2) is 21.9 Å². The van der Waals surface area contributed by atoms with E-state index in [0.717, 1.165) is 19.6 Å². The van der Waals surface area contributed by atoms with Crippen LogP contribution < -0.4 is 0 Å². The molecule has 3 rings (SSSR count). The lowest BCUT2D eigenvalue weighted by atomic mass is 10.2. The molecule has 0 aromatic heterocycles. The molecule has 2 aromatic rings. The van der Waals surface area contributed by atoms with Gasteiger partial charge in [-0.3, -0.25) is 4.99 Å². The molecule has 1 aliphatic heterocycles. The number of benzene rings is 2. The second-order valence-corrected chi connectivity index (χ2v) is 6.78. The van der Waals surface area contributed by atoms with Gasteiger partial charge in [-0.2, -0.15) is 0 Å². The van der Waals surface area contributed by atoms with Crippen LogP contribution in [0, 0.1) is 0 Å². The zero-order valence-corrected chi connectivity index (χ0v) is 13.1. The molecule has 0 spiro atoms. The fraction of sp³-hybridized carbons (Fsp3) is 0.278. The van der Waals surface area contributed by atoms with Gasteiger partial charge in [0, 0.05) is 18.3 Å². The van der Waals surface area contributed by atoms with Gasteiger partial charge in [-0.25, -0.2) is 0 Å². The van der Waals surface area contributed by atoms with Crippen molar-refractivity contribution in [2.45, 2.75) is 25.3 Å². The van der Waals surface area contributed by atoms with Crippen LogP contribution in [0.1, 0.15) is 18.1 Å². The van der Waals surface area contributed by atoms with Gasteiger partial charge in [-0.15, -0.1) is 0 Å². The predicted octanol–water partition coefficient (Wildman–Crippen LogP) is 4.18. The Morgan fingerprint density at radius 3 is 1.90 bits per heavy atom. The minimum Gasteiger partial charge on any atom is -0.343 e. The van der Waals surface area contributed by atoms with Crippen LogP contribution >= 0.6 is 11.8 Å². The molecule has 0 N–H and O–H groups in total. The van der Waals surface area contributed by atoms with E-state index < -0.39 is 0 Å². The highest BCUT2D eigenvalue weighted by molar-refractivity contribution is 8.14. The standard InChI is InChI=1S/C18H20N2S/c1-15-12-19-18(21-15)20(13-16-8-4-2-5-9-16)14-17-10-6-3-7-11-17/h2-11,15H,12-14H2,1H3/t15-/m1/s1. The number of hydrogen-bond donors (Lipinski definition) is 0. The highest BCUT2D eigenvalue weighted by Crippen LogP contribution is 2.25. The molecule has 2 nitrogen and oxygen atoms in total. The zero-order valence-electron chi connectivity index (χ0n) is 12.3. The summed E-state index contributed by atoms with van der Waals surface area (Å²) in [7, 11) is 0. The summed E-state index contributed by atoms with van der Waals surface area (Å²) in [6.45, 7) is 4.99. The van der Waals surface area contributed by atoms with Gasteiger partial charge < -0.3 is 4.90 Å². The summed E-state index contributed by atoms with van der Waals surface area (Å²) in [6.07, 6.45) is 0. The summed E-state index contributed by atoms with van der Waals surface area (Å²) < 4.78 is 0. The SMILES string of the molecule is C[C@@H]1CN=C(N(Cc2ccccc2)Cc2ccccc2)S1. The smallest absolute Gasteiger partial charge is 0.160 e. The van der Waals surface area contributed by atoms with E-state index in [2.05, 4.69) is 72.5 Å². The Kier molecular flexibility index (Phi) is 4.61. The molecule has 2 aromatic carbocycles. The number of amidine groups is 1. The van der Waals surface area contributed by atoms with Gasteiger partial charge in [0.15, 0.2) is 5.17 Å². The average Bonchev–Trinajstić information content (AvgIpc) is 2.95. The van der Waals surface area contributed by atoms with E-state index in [1.807, 2.05) is 11.8 Å². The first-order valence-electron chi connectivity index (χ1n) is 7.35. The topological polar surface area (TPSA) is 15.6 Å². The molecule has 0 saturated heterocycles. The Bertz CT molecular complexity index is 554. The Labute approximate surface area is 130 Å². The highest BCUT2D eigenvalue weighted by Gasteiger charge is 2.21. The van der Waals surface area contributed by atoms with Crippen molar-refractivity contribution in [2.24, 2.45) is 4.99 Å². The average molecular weight is 296 g/mol. The van der Waals surface area contributed by atoms with Crippen molar-refractivity contribution in [1.29, 1.82) is 0 Å². The van der Waals surface area contributed by atoms with Gasteiger partial charge in [-0.05, 0) is 11.1 Å². The molecule has 0 fully saturated rings. The number of hydrogen-bond acceptors (Lipinski definition) is 3. The first-order valence-corrected chi connectivity index (χ1v) is 8.23. The van der Waals surface area contributed by atoms with E-state index in [1.54, 1.807) is 0 Å². The summed E-state index contributed by atoms with van der Waals surface area (Å²) in [4.78, 5) is 7.10. The Balaban J connectivity index is 1.78. The lowest BCUT2D eigenvalue weighted by molar-refractivity contribution is 0.414. The first-order chi connectivity index (χ1) is 10.3. The molecule has 21 heavy (non-hydrogen) atoms. The van der Waals surface area contributed by atoms with Gasteiger partial charge in [0.1, 0.15) is 0 Å². The largest absolute Gasteiger partial charge is 0.343 e. The molecular weight excluding hydrogens is 276 g/mol. The van der Waals surface area contributed by atoms with Crippen LogP contribution in [0.2, 0.25) is 0 Å². The molecule has 0 aliphatic carbocycles. The van der Waals surface area contributed by atoms with Gasteiger partial charge in [0.05, 0.1) is 6.54 Å². The summed E-state index contributed by atoms with van der Waals surface area (Å²) in [5.74, 6) is 0. The minimum atomic E-state index is 0.592. The number of rotatable bonds is 4. The molecule has 0 saturated carbocycles. The van der Waals surface area contributed by atoms with E-state index in [-0.39, 0.29) is 0 Å². The first kappa shape index (κ1) is 14.2. The van der Waals surface area contributed by atoms with Crippen LogP contribution in [0.25, 0.3) is 0 Å². The molecule has 0 radical (unpaired) electrons. The Morgan fingerprint density at radius 1 is 0.952 bits per heavy atom. The molecule has 1 heterocycles. The van der Waals surface area contributed by atoms with Crippen molar-refractivity contribution in [3.05, 3.63) is 71.8 Å². The van der Waals surface area contributed by atoms with E-state index in [0.29, 0.717) is 5.25 Å². The number of thioether (sulfide) groups is 1. The highest BCUT2D eigenvalue weighted by atomic mass is 32.2. The van der Waals surface area contributed by atoms with Gasteiger partial charge >= 0.3 is 0 Å². The molecule has 1 aliphatic rings. The monoisotopic (exact) mass is 296 g/mol. The third-order valence-corrected chi connectivity index (χ3v) is 4.64. The molecule has 0 unspecified atom stereocenters.